The zero-order valence-corrected chi connectivity index (χ0v) is 14.5. The Morgan fingerprint density at radius 1 is 1.04 bits per heavy atom. The topological polar surface area (TPSA) is 78.7 Å². The maximum atomic E-state index is 12.5. The van der Waals surface area contributed by atoms with E-state index in [9.17, 15) is 9.59 Å². The van der Waals surface area contributed by atoms with Gasteiger partial charge in [0.25, 0.3) is 0 Å². The molecule has 2 heterocycles. The minimum Gasteiger partial charge on any atom is -0.352 e. The molecule has 0 aromatic carbocycles. The first-order valence-corrected chi connectivity index (χ1v) is 8.73. The van der Waals surface area contributed by atoms with Crippen LogP contribution in [-0.4, -0.2) is 60.5 Å². The van der Waals surface area contributed by atoms with E-state index in [0.717, 1.165) is 45.3 Å². The Hall–Kier alpha value is -1.01. The van der Waals surface area contributed by atoms with E-state index < -0.39 is 0 Å². The number of hydrogen-bond donors (Lipinski definition) is 2. The van der Waals surface area contributed by atoms with Crippen molar-refractivity contribution in [3.63, 3.8) is 0 Å². The van der Waals surface area contributed by atoms with Gasteiger partial charge in [-0.25, -0.2) is 4.79 Å². The van der Waals surface area contributed by atoms with Crippen LogP contribution in [0.15, 0.2) is 0 Å². The summed E-state index contributed by atoms with van der Waals surface area (Å²) in [5.41, 5.74) is 5.76. The van der Waals surface area contributed by atoms with Crippen molar-refractivity contribution in [3.05, 3.63) is 0 Å². The van der Waals surface area contributed by atoms with E-state index >= 15 is 0 Å². The van der Waals surface area contributed by atoms with Crippen molar-refractivity contribution in [1.29, 1.82) is 0 Å². The molecule has 2 unspecified atom stereocenters. The Kier molecular flexibility index (Phi) is 6.53. The fourth-order valence-corrected chi connectivity index (χ4v) is 3.64. The number of nitrogens with one attached hydrogen (secondary N) is 1. The zero-order chi connectivity index (χ0) is 15.5. The number of urea groups is 1. The second kappa shape index (κ2) is 8.20. The Labute approximate surface area is 144 Å². The largest absolute Gasteiger partial charge is 0.352 e. The fraction of sp³-hybridized carbons (Fsp3) is 0.875. The Bertz CT molecular complexity index is 424. The standard InChI is InChI=1S/C16H28N4O2.ClH/c17-10-14(12-5-6-12)18-15(21)13-4-3-9-20(11-13)16(22)19-7-1-2-8-19;/h12-14H,1-11,17H2,(H,18,21);1H. The molecule has 1 saturated carbocycles. The molecule has 3 fully saturated rings. The smallest absolute Gasteiger partial charge is 0.320 e. The summed E-state index contributed by atoms with van der Waals surface area (Å²) in [5, 5.41) is 3.11. The summed E-state index contributed by atoms with van der Waals surface area (Å²) in [4.78, 5) is 28.7. The first kappa shape index (κ1) is 18.3. The van der Waals surface area contributed by atoms with E-state index in [1.165, 1.54) is 12.8 Å². The van der Waals surface area contributed by atoms with Crippen LogP contribution in [0.25, 0.3) is 0 Å². The van der Waals surface area contributed by atoms with Crippen LogP contribution >= 0.6 is 12.4 Å². The van der Waals surface area contributed by atoms with Crippen LogP contribution < -0.4 is 11.1 Å². The highest BCUT2D eigenvalue weighted by molar-refractivity contribution is 5.85. The molecule has 23 heavy (non-hydrogen) atoms. The van der Waals surface area contributed by atoms with Crippen LogP contribution in [0.5, 0.6) is 0 Å². The van der Waals surface area contributed by atoms with Crippen molar-refractivity contribution < 1.29 is 9.59 Å². The van der Waals surface area contributed by atoms with Gasteiger partial charge < -0.3 is 20.9 Å². The van der Waals surface area contributed by atoms with Gasteiger partial charge in [-0.1, -0.05) is 0 Å². The molecule has 3 rings (SSSR count). The molecule has 3 aliphatic rings. The van der Waals surface area contributed by atoms with Gasteiger partial charge in [0.05, 0.1) is 5.92 Å². The molecule has 6 nitrogen and oxygen atoms in total. The van der Waals surface area contributed by atoms with Crippen molar-refractivity contribution in [1.82, 2.24) is 15.1 Å². The van der Waals surface area contributed by atoms with E-state index in [4.69, 9.17) is 5.73 Å². The summed E-state index contributed by atoms with van der Waals surface area (Å²) in [6.45, 7) is 3.58. The lowest BCUT2D eigenvalue weighted by atomic mass is 9.96. The van der Waals surface area contributed by atoms with Crippen LogP contribution in [0.4, 0.5) is 4.79 Å². The lowest BCUT2D eigenvalue weighted by Gasteiger charge is -2.35. The molecule has 2 saturated heterocycles. The van der Waals surface area contributed by atoms with Gasteiger partial charge in [-0.15, -0.1) is 12.4 Å². The lowest BCUT2D eigenvalue weighted by Crippen LogP contribution is -2.51. The van der Waals surface area contributed by atoms with Gasteiger partial charge in [-0.05, 0) is 44.4 Å². The van der Waals surface area contributed by atoms with Gasteiger partial charge in [-0.2, -0.15) is 0 Å². The third-order valence-corrected chi connectivity index (χ3v) is 5.21. The maximum absolute atomic E-state index is 12.5. The maximum Gasteiger partial charge on any atom is 0.320 e. The number of likely N-dealkylation sites (tertiary alicyclic amines) is 2. The molecule has 7 heteroatoms. The Balaban J connectivity index is 0.00000192. The normalized spacial score (nSPS) is 25.7. The number of carbonyl (C=O) groups is 2. The average molecular weight is 345 g/mol. The lowest BCUT2D eigenvalue weighted by molar-refractivity contribution is -0.127. The molecule has 0 aromatic rings. The summed E-state index contributed by atoms with van der Waals surface area (Å²) in [6.07, 6.45) is 6.33. The second-order valence-electron chi connectivity index (χ2n) is 6.95. The summed E-state index contributed by atoms with van der Waals surface area (Å²) in [5.74, 6) is 0.578. The molecule has 1 aliphatic carbocycles. The molecule has 2 atom stereocenters. The Morgan fingerprint density at radius 2 is 1.70 bits per heavy atom. The number of piperidine rings is 1. The summed E-state index contributed by atoms with van der Waals surface area (Å²) in [7, 11) is 0. The number of hydrogen-bond acceptors (Lipinski definition) is 3. The molecule has 2 aliphatic heterocycles. The average Bonchev–Trinajstić information content (AvgIpc) is 3.25. The molecular weight excluding hydrogens is 316 g/mol. The first-order valence-electron chi connectivity index (χ1n) is 8.73. The van der Waals surface area contributed by atoms with Crippen molar-refractivity contribution in [2.75, 3.05) is 32.7 Å². The van der Waals surface area contributed by atoms with Crippen molar-refractivity contribution in [2.24, 2.45) is 17.6 Å². The summed E-state index contributed by atoms with van der Waals surface area (Å²) < 4.78 is 0. The zero-order valence-electron chi connectivity index (χ0n) is 13.7. The van der Waals surface area contributed by atoms with E-state index in [1.54, 1.807) is 0 Å². The Morgan fingerprint density at radius 3 is 2.30 bits per heavy atom. The van der Waals surface area contributed by atoms with Crippen LogP contribution in [0.3, 0.4) is 0 Å². The molecule has 0 bridgehead atoms. The van der Waals surface area contributed by atoms with E-state index in [2.05, 4.69) is 5.32 Å². The van der Waals surface area contributed by atoms with E-state index in [-0.39, 0.29) is 36.3 Å². The summed E-state index contributed by atoms with van der Waals surface area (Å²) >= 11 is 0. The van der Waals surface area contributed by atoms with Gasteiger partial charge in [0.1, 0.15) is 0 Å². The van der Waals surface area contributed by atoms with Crippen molar-refractivity contribution in [2.45, 2.75) is 44.6 Å². The molecule has 3 N–H and O–H groups in total. The van der Waals surface area contributed by atoms with Crippen LogP contribution in [-0.2, 0) is 4.79 Å². The number of halogens is 1. The van der Waals surface area contributed by atoms with Gasteiger partial charge in [-0.3, -0.25) is 4.79 Å². The quantitative estimate of drug-likeness (QED) is 0.804. The molecule has 0 radical (unpaired) electrons. The highest BCUT2D eigenvalue weighted by Gasteiger charge is 2.35. The van der Waals surface area contributed by atoms with Crippen LogP contribution in [0.1, 0.15) is 38.5 Å². The molecule has 0 aromatic heterocycles. The number of amides is 3. The predicted molar refractivity (Wildman–Crippen MR) is 91.5 cm³/mol. The minimum atomic E-state index is -0.0758. The molecule has 0 spiro atoms. The number of rotatable bonds is 4. The second-order valence-corrected chi connectivity index (χ2v) is 6.95. The number of nitrogens with zero attached hydrogens (tertiary/aromatic N) is 2. The number of carbonyl (C=O) groups excluding carboxylic acids is 2. The third-order valence-electron chi connectivity index (χ3n) is 5.21. The van der Waals surface area contributed by atoms with Crippen LogP contribution in [0, 0.1) is 11.8 Å². The van der Waals surface area contributed by atoms with Gasteiger partial charge >= 0.3 is 6.03 Å². The van der Waals surface area contributed by atoms with Gasteiger partial charge in [0.15, 0.2) is 0 Å². The fourth-order valence-electron chi connectivity index (χ4n) is 3.64. The highest BCUT2D eigenvalue weighted by Crippen LogP contribution is 2.32. The molecule has 3 amide bonds. The van der Waals surface area contributed by atoms with Gasteiger partial charge in [0.2, 0.25) is 5.91 Å². The van der Waals surface area contributed by atoms with Crippen molar-refractivity contribution >= 4 is 24.3 Å². The third kappa shape index (κ3) is 4.51. The van der Waals surface area contributed by atoms with Gasteiger partial charge in [0, 0.05) is 38.8 Å². The van der Waals surface area contributed by atoms with Crippen LogP contribution in [0.2, 0.25) is 0 Å². The first-order chi connectivity index (χ1) is 10.7. The highest BCUT2D eigenvalue weighted by atomic mass is 35.5. The SMILES string of the molecule is Cl.NCC(NC(=O)C1CCCN(C(=O)N2CCCC2)C1)C1CC1. The van der Waals surface area contributed by atoms with E-state index in [0.29, 0.717) is 19.0 Å². The number of nitrogens with two attached hydrogens (primary N) is 1. The molecular formula is C16H29ClN4O2. The monoisotopic (exact) mass is 344 g/mol. The summed E-state index contributed by atoms with van der Waals surface area (Å²) in [6, 6.07) is 0.240. The predicted octanol–water partition coefficient (Wildman–Crippen LogP) is 1.19. The minimum absolute atomic E-state index is 0. The van der Waals surface area contributed by atoms with Crippen molar-refractivity contribution in [3.8, 4) is 0 Å². The molecule has 132 valence electrons. The van der Waals surface area contributed by atoms with E-state index in [1.807, 2.05) is 9.80 Å².